The van der Waals surface area contributed by atoms with Crippen LogP contribution in [0.15, 0.2) is 67.0 Å². The van der Waals surface area contributed by atoms with Crippen molar-refractivity contribution in [3.8, 4) is 0 Å². The first kappa shape index (κ1) is 17.4. The lowest BCUT2D eigenvalue weighted by atomic mass is 10.0. The number of aromatic nitrogens is 1. The van der Waals surface area contributed by atoms with Gasteiger partial charge in [0.05, 0.1) is 0 Å². The first-order chi connectivity index (χ1) is 11.6. The van der Waals surface area contributed by atoms with Gasteiger partial charge in [-0.2, -0.15) is 0 Å². The Morgan fingerprint density at radius 3 is 2.33 bits per heavy atom. The van der Waals surface area contributed by atoms with Crippen molar-refractivity contribution in [3.05, 3.63) is 78.1 Å². The van der Waals surface area contributed by atoms with E-state index in [1.54, 1.807) is 31.5 Å². The molecule has 1 aromatic heterocycles. The molecule has 0 amide bonds. The molecule has 0 aliphatic heterocycles. The van der Waals surface area contributed by atoms with E-state index in [4.69, 9.17) is 9.57 Å². The van der Waals surface area contributed by atoms with Crippen LogP contribution in [0.5, 0.6) is 0 Å². The Balaban J connectivity index is 1.81. The van der Waals surface area contributed by atoms with Gasteiger partial charge < -0.3 is 4.74 Å². The summed E-state index contributed by atoms with van der Waals surface area (Å²) in [6.45, 7) is 5.42. The van der Waals surface area contributed by atoms with Crippen molar-refractivity contribution in [1.29, 1.82) is 0 Å². The van der Waals surface area contributed by atoms with E-state index >= 15 is 0 Å². The number of nitrogens with zero attached hydrogens (tertiary/aromatic N) is 1. The molecular formula is C19H20NO4+. The van der Waals surface area contributed by atoms with Gasteiger partial charge in [-0.15, -0.1) is 0 Å². The number of hydrogen-bond acceptors (Lipinski definition) is 4. The summed E-state index contributed by atoms with van der Waals surface area (Å²) in [6, 6.07) is 13.0. The Hall–Kier alpha value is -2.95. The maximum absolute atomic E-state index is 12.2. The molecule has 0 aliphatic rings. The molecule has 1 heterocycles. The highest BCUT2D eigenvalue weighted by atomic mass is 16.7. The summed E-state index contributed by atoms with van der Waals surface area (Å²) < 4.78 is 6.39. The monoisotopic (exact) mass is 326 g/mol. The Morgan fingerprint density at radius 1 is 1.04 bits per heavy atom. The van der Waals surface area contributed by atoms with Crippen LogP contribution in [0.25, 0.3) is 0 Å². The van der Waals surface area contributed by atoms with Crippen LogP contribution in [-0.2, 0) is 16.0 Å². The average molecular weight is 326 g/mol. The van der Waals surface area contributed by atoms with E-state index in [9.17, 15) is 9.59 Å². The van der Waals surface area contributed by atoms with E-state index in [0.717, 1.165) is 5.56 Å². The highest BCUT2D eigenvalue weighted by Gasteiger charge is 2.10. The van der Waals surface area contributed by atoms with Crippen molar-refractivity contribution < 1.29 is 23.9 Å². The Labute approximate surface area is 141 Å². The number of pyridine rings is 1. The number of benzene rings is 1. The van der Waals surface area contributed by atoms with Gasteiger partial charge in [0.1, 0.15) is 6.61 Å². The summed E-state index contributed by atoms with van der Waals surface area (Å²) >= 11 is 0. The topological polar surface area (TPSA) is 56.5 Å². The maximum Gasteiger partial charge on any atom is 0.333 e. The number of ether oxygens (including phenoxy) is 1. The molecule has 0 saturated carbocycles. The van der Waals surface area contributed by atoms with Gasteiger partial charge in [-0.25, -0.2) is 4.79 Å². The zero-order chi connectivity index (χ0) is 17.4. The molecule has 2 rings (SSSR count). The predicted octanol–water partition coefficient (Wildman–Crippen LogP) is 1.95. The van der Waals surface area contributed by atoms with Crippen molar-refractivity contribution in [3.63, 3.8) is 0 Å². The Bertz CT molecular complexity index is 708. The molecule has 2 aromatic rings. The third-order valence-corrected chi connectivity index (χ3v) is 3.24. The van der Waals surface area contributed by atoms with Gasteiger partial charge in [0.2, 0.25) is 12.4 Å². The quantitative estimate of drug-likeness (QED) is 0.245. The maximum atomic E-state index is 12.2. The standard InChI is InChI=1S/C19H20NO4/c1-15(2)19(22)23-12-13-24-20-10-8-17(9-11-20)18(21)14-16-6-4-3-5-7-16/h3-11H,1,12-14H2,2H3/q+1. The molecule has 0 aliphatic carbocycles. The van der Waals surface area contributed by atoms with Gasteiger partial charge >= 0.3 is 5.97 Å². The molecule has 1 aromatic carbocycles. The Kier molecular flexibility index (Phi) is 6.25. The number of rotatable bonds is 8. The molecule has 0 saturated heterocycles. The molecule has 0 fully saturated rings. The lowest BCUT2D eigenvalue weighted by Gasteiger charge is -2.03. The van der Waals surface area contributed by atoms with Crippen molar-refractivity contribution in [2.45, 2.75) is 13.3 Å². The number of ketones is 1. The van der Waals surface area contributed by atoms with E-state index in [-0.39, 0.29) is 19.0 Å². The van der Waals surface area contributed by atoms with Crippen LogP contribution in [0.2, 0.25) is 0 Å². The van der Waals surface area contributed by atoms with Crippen molar-refractivity contribution in [1.82, 2.24) is 0 Å². The summed E-state index contributed by atoms with van der Waals surface area (Å²) in [4.78, 5) is 28.8. The molecule has 0 atom stereocenters. The first-order valence-corrected chi connectivity index (χ1v) is 7.60. The van der Waals surface area contributed by atoms with Gasteiger partial charge in [0.15, 0.2) is 12.4 Å². The highest BCUT2D eigenvalue weighted by Crippen LogP contribution is 2.05. The van der Waals surface area contributed by atoms with Crippen molar-refractivity contribution in [2.75, 3.05) is 13.2 Å². The van der Waals surface area contributed by atoms with Crippen LogP contribution < -0.4 is 9.57 Å². The van der Waals surface area contributed by atoms with Crippen LogP contribution >= 0.6 is 0 Å². The minimum absolute atomic E-state index is 0.0451. The van der Waals surface area contributed by atoms with Crippen LogP contribution in [0, 0.1) is 0 Å². The summed E-state index contributed by atoms with van der Waals surface area (Å²) in [5.41, 5.74) is 1.95. The molecular weight excluding hydrogens is 306 g/mol. The number of Topliss-reactive ketones (excluding diaryl/α,β-unsaturated/α-hetero) is 1. The largest absolute Gasteiger partial charge is 0.458 e. The second kappa shape index (κ2) is 8.62. The minimum atomic E-state index is -0.439. The molecule has 5 nitrogen and oxygen atoms in total. The fourth-order valence-corrected chi connectivity index (χ4v) is 1.97. The van der Waals surface area contributed by atoms with E-state index < -0.39 is 5.97 Å². The third kappa shape index (κ3) is 5.35. The minimum Gasteiger partial charge on any atom is -0.458 e. The molecule has 0 unspecified atom stereocenters. The van der Waals surface area contributed by atoms with Gasteiger partial charge in [0, 0.05) is 34.4 Å². The molecule has 0 bridgehead atoms. The lowest BCUT2D eigenvalue weighted by Crippen LogP contribution is -2.43. The van der Waals surface area contributed by atoms with Gasteiger partial charge in [-0.05, 0) is 12.5 Å². The average Bonchev–Trinajstić information content (AvgIpc) is 2.59. The molecule has 0 spiro atoms. The second-order valence-corrected chi connectivity index (χ2v) is 5.28. The number of carbonyl (C=O) groups is 2. The third-order valence-electron chi connectivity index (χ3n) is 3.24. The summed E-state index contributed by atoms with van der Waals surface area (Å²) in [7, 11) is 0. The normalized spacial score (nSPS) is 10.0. The number of hydrogen-bond donors (Lipinski definition) is 0. The molecule has 0 radical (unpaired) electrons. The lowest BCUT2D eigenvalue weighted by molar-refractivity contribution is -0.891. The van der Waals surface area contributed by atoms with Crippen molar-refractivity contribution in [2.24, 2.45) is 0 Å². The van der Waals surface area contributed by atoms with E-state index in [1.165, 1.54) is 4.73 Å². The first-order valence-electron chi connectivity index (χ1n) is 7.60. The SMILES string of the molecule is C=C(C)C(=O)OCCO[n+]1ccc(C(=O)Cc2ccccc2)cc1. The van der Waals surface area contributed by atoms with Gasteiger partial charge in [0.25, 0.3) is 0 Å². The number of carbonyl (C=O) groups excluding carboxylic acids is 2. The van der Waals surface area contributed by atoms with Crippen LogP contribution in [0.4, 0.5) is 0 Å². The fourth-order valence-electron chi connectivity index (χ4n) is 1.97. The summed E-state index contributed by atoms with van der Waals surface area (Å²) in [5, 5.41) is 0. The molecule has 5 heteroatoms. The van der Waals surface area contributed by atoms with E-state index in [1.807, 2.05) is 30.3 Å². The van der Waals surface area contributed by atoms with Crippen LogP contribution in [0.3, 0.4) is 0 Å². The van der Waals surface area contributed by atoms with Gasteiger partial charge in [-0.1, -0.05) is 36.9 Å². The second-order valence-electron chi connectivity index (χ2n) is 5.28. The zero-order valence-corrected chi connectivity index (χ0v) is 13.6. The summed E-state index contributed by atoms with van der Waals surface area (Å²) in [6.07, 6.45) is 3.67. The number of esters is 1. The predicted molar refractivity (Wildman–Crippen MR) is 88.3 cm³/mol. The molecule has 24 heavy (non-hydrogen) atoms. The summed E-state index contributed by atoms with van der Waals surface area (Å²) in [5.74, 6) is -0.394. The van der Waals surface area contributed by atoms with Gasteiger partial charge in [-0.3, -0.25) is 9.63 Å². The zero-order valence-electron chi connectivity index (χ0n) is 13.6. The Morgan fingerprint density at radius 2 is 1.71 bits per heavy atom. The smallest absolute Gasteiger partial charge is 0.333 e. The molecule has 0 N–H and O–H groups in total. The van der Waals surface area contributed by atoms with Crippen molar-refractivity contribution >= 4 is 11.8 Å². The van der Waals surface area contributed by atoms with E-state index in [2.05, 4.69) is 6.58 Å². The van der Waals surface area contributed by atoms with E-state index in [0.29, 0.717) is 17.6 Å². The molecule has 124 valence electrons. The highest BCUT2D eigenvalue weighted by molar-refractivity contribution is 5.97. The fraction of sp³-hybridized carbons (Fsp3) is 0.211. The van der Waals surface area contributed by atoms with Crippen LogP contribution in [0.1, 0.15) is 22.8 Å². The van der Waals surface area contributed by atoms with Crippen LogP contribution in [-0.4, -0.2) is 25.0 Å².